The molecule has 0 radical (unpaired) electrons. The van der Waals surface area contributed by atoms with Crippen molar-refractivity contribution in [1.82, 2.24) is 19.8 Å². The molecule has 2 saturated carbocycles. The van der Waals surface area contributed by atoms with Crippen LogP contribution in [0, 0.1) is 17.2 Å². The Hall–Kier alpha value is -2.41. The number of anilines is 2. The molecule has 0 unspecified atom stereocenters. The minimum atomic E-state index is 0.554. The molecule has 3 fully saturated rings. The van der Waals surface area contributed by atoms with Gasteiger partial charge in [0.1, 0.15) is 12.1 Å². The molecule has 2 aromatic rings. The van der Waals surface area contributed by atoms with Crippen molar-refractivity contribution in [3.8, 4) is 0 Å². The number of nitrogen functional groups attached to an aromatic ring is 1. The van der Waals surface area contributed by atoms with E-state index in [0.717, 1.165) is 67.0 Å². The van der Waals surface area contributed by atoms with E-state index >= 15 is 0 Å². The van der Waals surface area contributed by atoms with Gasteiger partial charge < -0.3 is 16.0 Å². The molecule has 166 valence electrons. The Balaban J connectivity index is 1.08. The summed E-state index contributed by atoms with van der Waals surface area (Å²) in [4.78, 5) is 13.8. The number of piperazine rings is 1. The summed E-state index contributed by atoms with van der Waals surface area (Å²) in [7, 11) is 0. The first-order valence-electron chi connectivity index (χ1n) is 12.0. The van der Waals surface area contributed by atoms with Crippen LogP contribution in [0.3, 0.4) is 0 Å². The van der Waals surface area contributed by atoms with Crippen LogP contribution in [0.2, 0.25) is 0 Å². The molecule has 1 aromatic heterocycles. The first-order chi connectivity index (χ1) is 15.2. The molecule has 1 aromatic carbocycles. The Kier molecular flexibility index (Phi) is 5.94. The Morgan fingerprint density at radius 3 is 2.52 bits per heavy atom. The van der Waals surface area contributed by atoms with Crippen molar-refractivity contribution in [3.63, 3.8) is 0 Å². The zero-order chi connectivity index (χ0) is 21.2. The van der Waals surface area contributed by atoms with E-state index in [1.165, 1.54) is 44.9 Å². The van der Waals surface area contributed by atoms with Gasteiger partial charge in [0.05, 0.1) is 11.4 Å². The molecule has 2 aliphatic carbocycles. The van der Waals surface area contributed by atoms with Crippen LogP contribution in [-0.4, -0.2) is 64.4 Å². The molecule has 1 saturated heterocycles. The van der Waals surface area contributed by atoms with E-state index in [9.17, 15) is 0 Å². The number of aromatic nitrogens is 2. The molecule has 5 rings (SSSR count). The molecule has 2 heterocycles. The number of benzene rings is 1. The maximum absolute atomic E-state index is 8.44. The average molecular weight is 422 g/mol. The fourth-order valence-corrected chi connectivity index (χ4v) is 5.44. The molecule has 1 aliphatic heterocycles. The predicted molar refractivity (Wildman–Crippen MR) is 126 cm³/mol. The highest BCUT2D eigenvalue weighted by molar-refractivity contribution is 5.91. The van der Waals surface area contributed by atoms with Crippen LogP contribution in [0.5, 0.6) is 0 Å². The van der Waals surface area contributed by atoms with Gasteiger partial charge >= 0.3 is 0 Å². The highest BCUT2D eigenvalue weighted by atomic mass is 15.3. The molecule has 31 heavy (non-hydrogen) atoms. The van der Waals surface area contributed by atoms with Gasteiger partial charge in [0.25, 0.3) is 0 Å². The third kappa shape index (κ3) is 4.47. The van der Waals surface area contributed by atoms with Crippen molar-refractivity contribution in [2.24, 2.45) is 11.8 Å². The third-order valence-corrected chi connectivity index (χ3v) is 7.70. The maximum Gasteiger partial charge on any atom is 0.137 e. The molecule has 0 spiro atoms. The fraction of sp³-hybridized carbons (Fsp3) is 0.625. The van der Waals surface area contributed by atoms with Crippen LogP contribution in [0.4, 0.5) is 11.5 Å². The summed E-state index contributed by atoms with van der Waals surface area (Å²) in [6.45, 7) is 5.29. The van der Waals surface area contributed by atoms with Gasteiger partial charge in [-0.05, 0) is 62.6 Å². The van der Waals surface area contributed by atoms with E-state index in [-0.39, 0.29) is 0 Å². The molecule has 0 amide bonds. The topological polar surface area (TPSA) is 94.2 Å². The molecule has 0 bridgehead atoms. The van der Waals surface area contributed by atoms with Crippen LogP contribution < -0.4 is 11.1 Å². The number of nitrogens with one attached hydrogen (secondary N) is 2. The number of hydrogen-bond donors (Lipinski definition) is 3. The number of fused-ring (bicyclic) bond motifs is 1. The Labute approximate surface area is 184 Å². The third-order valence-electron chi connectivity index (χ3n) is 7.70. The monoisotopic (exact) mass is 421 g/mol. The minimum Gasteiger partial charge on any atom is -0.399 e. The molecule has 4 N–H and O–H groups in total. The van der Waals surface area contributed by atoms with Gasteiger partial charge in [-0.1, -0.05) is 6.42 Å². The number of nitrogens with two attached hydrogens (primary N) is 1. The molecule has 7 nitrogen and oxygen atoms in total. The lowest BCUT2D eigenvalue weighted by molar-refractivity contribution is 0.0932. The van der Waals surface area contributed by atoms with Crippen molar-refractivity contribution in [2.75, 3.05) is 43.8 Å². The Bertz CT molecular complexity index is 909. The van der Waals surface area contributed by atoms with E-state index in [1.54, 1.807) is 6.33 Å². The van der Waals surface area contributed by atoms with Crippen molar-refractivity contribution >= 4 is 28.2 Å². The largest absolute Gasteiger partial charge is 0.399 e. The second kappa shape index (κ2) is 8.99. The molecule has 7 heteroatoms. The summed E-state index contributed by atoms with van der Waals surface area (Å²) in [6.07, 6.45) is 10.5. The van der Waals surface area contributed by atoms with Crippen LogP contribution >= 0.6 is 0 Å². The average Bonchev–Trinajstić information content (AvgIpc) is 2.77. The van der Waals surface area contributed by atoms with Gasteiger partial charge in [-0.15, -0.1) is 0 Å². The lowest BCUT2D eigenvalue weighted by Crippen LogP contribution is -2.54. The summed E-state index contributed by atoms with van der Waals surface area (Å²) < 4.78 is 0. The summed E-state index contributed by atoms with van der Waals surface area (Å²) in [5, 5.41) is 13.0. The number of hydrogen-bond acceptors (Lipinski definition) is 6. The van der Waals surface area contributed by atoms with E-state index in [1.807, 2.05) is 18.2 Å². The van der Waals surface area contributed by atoms with Crippen molar-refractivity contribution in [3.05, 3.63) is 24.5 Å². The Morgan fingerprint density at radius 1 is 1.03 bits per heavy atom. The second-order valence-corrected chi connectivity index (χ2v) is 9.59. The first-order valence-corrected chi connectivity index (χ1v) is 12.0. The minimum absolute atomic E-state index is 0.554. The van der Waals surface area contributed by atoms with Crippen LogP contribution in [0.15, 0.2) is 24.5 Å². The summed E-state index contributed by atoms with van der Waals surface area (Å²) in [5.41, 5.74) is 7.64. The quantitative estimate of drug-likeness (QED) is 0.388. The van der Waals surface area contributed by atoms with Gasteiger partial charge in [-0.25, -0.2) is 9.97 Å². The SMILES string of the molecule is N=C(C1CCC1)N1CCN([C@H]2CC[C@H](CNc3ncnc4ccc(N)cc34)CC2)CC1. The zero-order valence-corrected chi connectivity index (χ0v) is 18.4. The van der Waals surface area contributed by atoms with Gasteiger partial charge in [0.15, 0.2) is 0 Å². The highest BCUT2D eigenvalue weighted by Gasteiger charge is 2.31. The van der Waals surface area contributed by atoms with E-state index < -0.39 is 0 Å². The highest BCUT2D eigenvalue weighted by Crippen LogP contribution is 2.31. The van der Waals surface area contributed by atoms with Gasteiger partial charge in [0, 0.05) is 55.8 Å². The smallest absolute Gasteiger partial charge is 0.137 e. The predicted octanol–water partition coefficient (Wildman–Crippen LogP) is 3.58. The standard InChI is InChI=1S/C24H35N7/c25-19-6-9-22-21(14-19)24(29-16-28-22)27-15-17-4-7-20(8-5-17)30-10-12-31(13-11-30)23(26)18-2-1-3-18/h6,9,14,16-18,20,26H,1-5,7-8,10-13,15,25H2,(H,27,28,29)/t17-,20-. The summed E-state index contributed by atoms with van der Waals surface area (Å²) in [5.74, 6) is 3.05. The summed E-state index contributed by atoms with van der Waals surface area (Å²) >= 11 is 0. The lowest BCUT2D eigenvalue weighted by atomic mass is 9.83. The van der Waals surface area contributed by atoms with Gasteiger partial charge in [0.2, 0.25) is 0 Å². The lowest BCUT2D eigenvalue weighted by Gasteiger charge is -2.44. The molecule has 0 atom stereocenters. The molecular weight excluding hydrogens is 386 g/mol. The van der Waals surface area contributed by atoms with Crippen LogP contribution in [0.1, 0.15) is 44.9 Å². The van der Waals surface area contributed by atoms with Crippen molar-refractivity contribution in [1.29, 1.82) is 5.41 Å². The zero-order valence-electron chi connectivity index (χ0n) is 18.4. The first kappa shape index (κ1) is 20.5. The van der Waals surface area contributed by atoms with Crippen LogP contribution in [-0.2, 0) is 0 Å². The molecular formula is C24H35N7. The van der Waals surface area contributed by atoms with Gasteiger partial charge in [-0.2, -0.15) is 0 Å². The normalized spacial score (nSPS) is 25.4. The van der Waals surface area contributed by atoms with Crippen LogP contribution in [0.25, 0.3) is 10.9 Å². The fourth-order valence-electron chi connectivity index (χ4n) is 5.44. The second-order valence-electron chi connectivity index (χ2n) is 9.59. The van der Waals surface area contributed by atoms with Crippen molar-refractivity contribution in [2.45, 2.75) is 51.0 Å². The molecule has 3 aliphatic rings. The number of amidine groups is 1. The maximum atomic E-state index is 8.44. The summed E-state index contributed by atoms with van der Waals surface area (Å²) in [6, 6.07) is 6.52. The Morgan fingerprint density at radius 2 is 1.81 bits per heavy atom. The number of nitrogens with zero attached hydrogens (tertiary/aromatic N) is 4. The van der Waals surface area contributed by atoms with Crippen molar-refractivity contribution < 1.29 is 0 Å². The number of rotatable bonds is 5. The van der Waals surface area contributed by atoms with E-state index in [2.05, 4.69) is 25.1 Å². The van der Waals surface area contributed by atoms with Gasteiger partial charge in [-0.3, -0.25) is 10.3 Å². The van der Waals surface area contributed by atoms with E-state index in [4.69, 9.17) is 11.1 Å². The van der Waals surface area contributed by atoms with E-state index in [0.29, 0.717) is 11.8 Å².